The Labute approximate surface area is 135 Å². The molecule has 1 aromatic carbocycles. The van der Waals surface area contributed by atoms with Gasteiger partial charge < -0.3 is 21.1 Å². The van der Waals surface area contributed by atoms with Crippen LogP contribution in [0.3, 0.4) is 0 Å². The molecule has 23 heavy (non-hydrogen) atoms. The lowest BCUT2D eigenvalue weighted by Gasteiger charge is -2.16. The van der Waals surface area contributed by atoms with Gasteiger partial charge in [0.25, 0.3) is 0 Å². The lowest BCUT2D eigenvalue weighted by Crippen LogP contribution is -2.46. The van der Waals surface area contributed by atoms with E-state index in [1.54, 1.807) is 18.2 Å². The van der Waals surface area contributed by atoms with E-state index in [2.05, 4.69) is 16.0 Å². The fourth-order valence-electron chi connectivity index (χ4n) is 2.00. The van der Waals surface area contributed by atoms with E-state index in [0.29, 0.717) is 12.1 Å². The van der Waals surface area contributed by atoms with E-state index in [4.69, 9.17) is 5.11 Å². The molecule has 7 nitrogen and oxygen atoms in total. The molecular weight excluding hydrogens is 298 g/mol. The molecule has 1 atom stereocenters. The average molecular weight is 321 g/mol. The van der Waals surface area contributed by atoms with Gasteiger partial charge in [0.15, 0.2) is 0 Å². The van der Waals surface area contributed by atoms with Crippen LogP contribution in [0, 0.1) is 12.8 Å². The summed E-state index contributed by atoms with van der Waals surface area (Å²) in [5.41, 5.74) is 1.62. The molecule has 1 aromatic rings. The van der Waals surface area contributed by atoms with Gasteiger partial charge in [-0.15, -0.1) is 0 Å². The number of nitrogens with one attached hydrogen (secondary N) is 3. The highest BCUT2D eigenvalue weighted by Gasteiger charge is 2.21. The minimum Gasteiger partial charge on any atom is -0.480 e. The first-order valence-electron chi connectivity index (χ1n) is 7.41. The quantitative estimate of drug-likeness (QED) is 0.613. The monoisotopic (exact) mass is 321 g/mol. The summed E-state index contributed by atoms with van der Waals surface area (Å²) in [4.78, 5) is 34.5. The maximum atomic E-state index is 11.7. The number of hydrogen-bond donors (Lipinski definition) is 4. The molecule has 126 valence electrons. The number of urea groups is 1. The zero-order valence-corrected chi connectivity index (χ0v) is 13.6. The van der Waals surface area contributed by atoms with E-state index in [-0.39, 0.29) is 12.5 Å². The smallest absolute Gasteiger partial charge is 0.326 e. The van der Waals surface area contributed by atoms with Crippen LogP contribution in [0.25, 0.3) is 0 Å². The van der Waals surface area contributed by atoms with Crippen molar-refractivity contribution in [3.8, 4) is 0 Å². The number of rotatable bonds is 7. The SMILES string of the molecule is Cc1cccc(NC(=O)NCC(=O)N[C@H](CC(C)C)C(=O)O)c1. The van der Waals surface area contributed by atoms with Gasteiger partial charge in [0.1, 0.15) is 6.04 Å². The molecule has 0 unspecified atom stereocenters. The van der Waals surface area contributed by atoms with Gasteiger partial charge in [0.05, 0.1) is 6.54 Å². The lowest BCUT2D eigenvalue weighted by atomic mass is 10.0. The number of carbonyl (C=O) groups excluding carboxylic acids is 2. The van der Waals surface area contributed by atoms with Crippen LogP contribution in [0.15, 0.2) is 24.3 Å². The summed E-state index contributed by atoms with van der Waals surface area (Å²) >= 11 is 0. The van der Waals surface area contributed by atoms with Gasteiger partial charge in [-0.05, 0) is 37.0 Å². The molecule has 0 fully saturated rings. The summed E-state index contributed by atoms with van der Waals surface area (Å²) < 4.78 is 0. The Balaban J connectivity index is 2.42. The number of benzene rings is 1. The summed E-state index contributed by atoms with van der Waals surface area (Å²) in [6, 6.07) is 5.75. The molecule has 1 rings (SSSR count). The lowest BCUT2D eigenvalue weighted by molar-refractivity contribution is -0.142. The summed E-state index contributed by atoms with van der Waals surface area (Å²) in [7, 11) is 0. The zero-order valence-electron chi connectivity index (χ0n) is 13.6. The Morgan fingerprint density at radius 3 is 2.48 bits per heavy atom. The zero-order chi connectivity index (χ0) is 17.4. The molecule has 0 aliphatic rings. The first-order valence-corrected chi connectivity index (χ1v) is 7.41. The van der Waals surface area contributed by atoms with E-state index < -0.39 is 23.9 Å². The number of carboxylic acids is 1. The molecule has 0 radical (unpaired) electrons. The molecule has 0 saturated heterocycles. The Morgan fingerprint density at radius 2 is 1.91 bits per heavy atom. The van der Waals surface area contributed by atoms with Crippen LogP contribution < -0.4 is 16.0 Å². The van der Waals surface area contributed by atoms with E-state index >= 15 is 0 Å². The van der Waals surface area contributed by atoms with Gasteiger partial charge in [-0.3, -0.25) is 4.79 Å². The van der Waals surface area contributed by atoms with Crippen LogP contribution in [-0.2, 0) is 9.59 Å². The number of carboxylic acid groups (broad SMARTS) is 1. The molecule has 0 bridgehead atoms. The third-order valence-corrected chi connectivity index (χ3v) is 3.03. The van der Waals surface area contributed by atoms with Crippen molar-refractivity contribution in [2.75, 3.05) is 11.9 Å². The third-order valence-electron chi connectivity index (χ3n) is 3.03. The van der Waals surface area contributed by atoms with Crippen LogP contribution in [0.1, 0.15) is 25.8 Å². The molecule has 4 N–H and O–H groups in total. The van der Waals surface area contributed by atoms with Gasteiger partial charge in [0.2, 0.25) is 5.91 Å². The minimum atomic E-state index is -1.09. The second-order valence-corrected chi connectivity index (χ2v) is 5.77. The van der Waals surface area contributed by atoms with Gasteiger partial charge >= 0.3 is 12.0 Å². The Bertz CT molecular complexity index is 572. The Hall–Kier alpha value is -2.57. The van der Waals surface area contributed by atoms with Crippen molar-refractivity contribution in [1.82, 2.24) is 10.6 Å². The number of carbonyl (C=O) groups is 3. The minimum absolute atomic E-state index is 0.133. The predicted molar refractivity (Wildman–Crippen MR) is 87.2 cm³/mol. The van der Waals surface area contributed by atoms with Crippen LogP contribution in [0.2, 0.25) is 0 Å². The van der Waals surface area contributed by atoms with Crippen molar-refractivity contribution >= 4 is 23.6 Å². The summed E-state index contributed by atoms with van der Waals surface area (Å²) in [5.74, 6) is -1.50. The first kappa shape index (κ1) is 18.5. The van der Waals surface area contributed by atoms with E-state index in [1.165, 1.54) is 0 Å². The Kier molecular flexibility index (Phi) is 7.05. The molecule has 7 heteroatoms. The van der Waals surface area contributed by atoms with Gasteiger partial charge in [-0.1, -0.05) is 26.0 Å². The second kappa shape index (κ2) is 8.77. The van der Waals surface area contributed by atoms with Crippen molar-refractivity contribution in [2.45, 2.75) is 33.2 Å². The van der Waals surface area contributed by atoms with Crippen LogP contribution >= 0.6 is 0 Å². The third kappa shape index (κ3) is 7.30. The summed E-state index contributed by atoms with van der Waals surface area (Å²) in [5, 5.41) is 16.4. The highest BCUT2D eigenvalue weighted by atomic mass is 16.4. The standard InChI is InChI=1S/C16H23N3O4/c1-10(2)7-13(15(21)22)19-14(20)9-17-16(23)18-12-6-4-5-11(3)8-12/h4-6,8,10,13H,7,9H2,1-3H3,(H,19,20)(H,21,22)(H2,17,18,23)/t13-/m1/s1. The van der Waals surface area contributed by atoms with Crippen LogP contribution in [0.4, 0.5) is 10.5 Å². The maximum Gasteiger partial charge on any atom is 0.326 e. The van der Waals surface area contributed by atoms with Crippen molar-refractivity contribution in [3.05, 3.63) is 29.8 Å². The molecule has 0 aliphatic heterocycles. The molecule has 0 spiro atoms. The van der Waals surface area contributed by atoms with Crippen LogP contribution in [0.5, 0.6) is 0 Å². The van der Waals surface area contributed by atoms with Crippen molar-refractivity contribution in [3.63, 3.8) is 0 Å². The topological polar surface area (TPSA) is 108 Å². The number of amides is 3. The molecular formula is C16H23N3O4. The van der Waals surface area contributed by atoms with Gasteiger partial charge in [-0.25, -0.2) is 9.59 Å². The molecule has 3 amide bonds. The molecule has 0 aliphatic carbocycles. The number of anilines is 1. The number of hydrogen-bond acceptors (Lipinski definition) is 3. The predicted octanol–water partition coefficient (Wildman–Crippen LogP) is 1.73. The van der Waals surface area contributed by atoms with E-state index in [0.717, 1.165) is 5.56 Å². The highest BCUT2D eigenvalue weighted by Crippen LogP contribution is 2.09. The molecule has 0 heterocycles. The van der Waals surface area contributed by atoms with E-state index in [9.17, 15) is 14.4 Å². The fraction of sp³-hybridized carbons (Fsp3) is 0.438. The fourth-order valence-corrected chi connectivity index (χ4v) is 2.00. The molecule has 0 aromatic heterocycles. The van der Waals surface area contributed by atoms with Gasteiger partial charge in [0, 0.05) is 5.69 Å². The van der Waals surface area contributed by atoms with Crippen molar-refractivity contribution in [1.29, 1.82) is 0 Å². The average Bonchev–Trinajstić information content (AvgIpc) is 2.44. The second-order valence-electron chi connectivity index (χ2n) is 5.77. The number of aryl methyl sites for hydroxylation is 1. The summed E-state index contributed by atoms with van der Waals surface area (Å²) in [6.45, 7) is 5.35. The number of aliphatic carboxylic acids is 1. The Morgan fingerprint density at radius 1 is 1.22 bits per heavy atom. The molecule has 0 saturated carbocycles. The highest BCUT2D eigenvalue weighted by molar-refractivity contribution is 5.93. The normalized spacial score (nSPS) is 11.7. The largest absolute Gasteiger partial charge is 0.480 e. The first-order chi connectivity index (χ1) is 10.8. The van der Waals surface area contributed by atoms with Crippen molar-refractivity contribution in [2.24, 2.45) is 5.92 Å². The van der Waals surface area contributed by atoms with Gasteiger partial charge in [-0.2, -0.15) is 0 Å². The van der Waals surface area contributed by atoms with Crippen molar-refractivity contribution < 1.29 is 19.5 Å². The van der Waals surface area contributed by atoms with E-state index in [1.807, 2.05) is 26.8 Å². The summed E-state index contributed by atoms with van der Waals surface area (Å²) in [6.07, 6.45) is 0.330. The maximum absolute atomic E-state index is 11.7. The van der Waals surface area contributed by atoms with Crippen LogP contribution in [-0.4, -0.2) is 35.6 Å².